The van der Waals surface area contributed by atoms with Crippen molar-refractivity contribution < 1.29 is 14.3 Å². The third-order valence-corrected chi connectivity index (χ3v) is 3.12. The van der Waals surface area contributed by atoms with Crippen LogP contribution in [0.4, 0.5) is 5.69 Å². The number of nitrogens with one attached hydrogen (secondary N) is 1. The Bertz CT molecular complexity index is 783. The van der Waals surface area contributed by atoms with Crippen molar-refractivity contribution in [3.05, 3.63) is 58.0 Å². The Morgan fingerprint density at radius 3 is 2.65 bits per heavy atom. The fourth-order valence-corrected chi connectivity index (χ4v) is 2.01. The first-order valence-electron chi connectivity index (χ1n) is 7.13. The molecule has 1 aromatic carbocycles. The minimum atomic E-state index is -0.551. The lowest BCUT2D eigenvalue weighted by molar-refractivity contribution is 0.0602. The second kappa shape index (κ2) is 7.35. The van der Waals surface area contributed by atoms with Crippen molar-refractivity contribution in [2.24, 2.45) is 0 Å². The summed E-state index contributed by atoms with van der Waals surface area (Å²) in [6.45, 7) is 2.34. The van der Waals surface area contributed by atoms with Gasteiger partial charge in [0.05, 0.1) is 18.4 Å². The molecule has 0 aliphatic carbocycles. The van der Waals surface area contributed by atoms with Gasteiger partial charge in [-0.25, -0.2) is 9.48 Å². The van der Waals surface area contributed by atoms with E-state index in [1.54, 1.807) is 24.3 Å². The molecule has 0 radical (unpaired) electrons. The Morgan fingerprint density at radius 2 is 1.96 bits per heavy atom. The standard InChI is InChI=1S/C16H17N3O4/c1-3-10-19-14(20)9-8-13(18-19)15(21)17-12-7-5-4-6-11(12)16(22)23-2/h4-9H,3,10H2,1-2H3,(H,17,21). The Balaban J connectivity index is 2.28. The molecule has 2 rings (SSSR count). The van der Waals surface area contributed by atoms with Gasteiger partial charge in [0.2, 0.25) is 0 Å². The van der Waals surface area contributed by atoms with Crippen molar-refractivity contribution in [3.8, 4) is 0 Å². The van der Waals surface area contributed by atoms with Crippen molar-refractivity contribution in [2.75, 3.05) is 12.4 Å². The summed E-state index contributed by atoms with van der Waals surface area (Å²) in [6, 6.07) is 9.14. The minimum Gasteiger partial charge on any atom is -0.465 e. The molecule has 7 nitrogen and oxygen atoms in total. The summed E-state index contributed by atoms with van der Waals surface area (Å²) in [7, 11) is 1.27. The molecule has 1 N–H and O–H groups in total. The number of carbonyl (C=O) groups is 2. The lowest BCUT2D eigenvalue weighted by Gasteiger charge is -2.10. The molecule has 0 aliphatic rings. The number of aryl methyl sites for hydroxylation is 1. The van der Waals surface area contributed by atoms with E-state index < -0.39 is 11.9 Å². The lowest BCUT2D eigenvalue weighted by Crippen LogP contribution is -2.26. The molecule has 1 amide bonds. The number of hydrogen-bond acceptors (Lipinski definition) is 5. The number of aromatic nitrogens is 2. The number of carbonyl (C=O) groups excluding carboxylic acids is 2. The van der Waals surface area contributed by atoms with Crippen LogP contribution in [-0.4, -0.2) is 28.8 Å². The number of hydrogen-bond donors (Lipinski definition) is 1. The average molecular weight is 315 g/mol. The first kappa shape index (κ1) is 16.4. The topological polar surface area (TPSA) is 90.3 Å². The highest BCUT2D eigenvalue weighted by Gasteiger charge is 2.15. The van der Waals surface area contributed by atoms with Crippen molar-refractivity contribution >= 4 is 17.6 Å². The Labute approximate surface area is 132 Å². The highest BCUT2D eigenvalue weighted by molar-refractivity contribution is 6.06. The molecule has 0 aliphatic heterocycles. The third kappa shape index (κ3) is 3.82. The monoisotopic (exact) mass is 315 g/mol. The largest absolute Gasteiger partial charge is 0.465 e. The first-order chi connectivity index (χ1) is 11.1. The van der Waals surface area contributed by atoms with Gasteiger partial charge in [0.15, 0.2) is 0 Å². The summed E-state index contributed by atoms with van der Waals surface area (Å²) in [5.41, 5.74) is 0.390. The van der Waals surface area contributed by atoms with Crippen LogP contribution in [0.3, 0.4) is 0 Å². The molecule has 1 heterocycles. The predicted molar refractivity (Wildman–Crippen MR) is 84.5 cm³/mol. The first-order valence-corrected chi connectivity index (χ1v) is 7.13. The number of methoxy groups -OCH3 is 1. The van der Waals surface area contributed by atoms with E-state index in [4.69, 9.17) is 0 Å². The van der Waals surface area contributed by atoms with Crippen molar-refractivity contribution in [1.29, 1.82) is 0 Å². The number of ether oxygens (including phenoxy) is 1. The van der Waals surface area contributed by atoms with E-state index in [9.17, 15) is 14.4 Å². The fourth-order valence-electron chi connectivity index (χ4n) is 2.01. The van der Waals surface area contributed by atoms with E-state index >= 15 is 0 Å². The van der Waals surface area contributed by atoms with Crippen LogP contribution in [0.25, 0.3) is 0 Å². The number of benzene rings is 1. The van der Waals surface area contributed by atoms with Crippen LogP contribution in [-0.2, 0) is 11.3 Å². The molecule has 0 spiro atoms. The third-order valence-electron chi connectivity index (χ3n) is 3.12. The molecular formula is C16H17N3O4. The summed E-state index contributed by atoms with van der Waals surface area (Å²) in [4.78, 5) is 35.6. The molecule has 0 bridgehead atoms. The van der Waals surface area contributed by atoms with Crippen LogP contribution in [0.1, 0.15) is 34.2 Å². The number of amides is 1. The molecule has 2 aromatic rings. The summed E-state index contributed by atoms with van der Waals surface area (Å²) >= 11 is 0. The second-order valence-corrected chi connectivity index (χ2v) is 4.77. The molecule has 23 heavy (non-hydrogen) atoms. The normalized spacial score (nSPS) is 10.2. The molecule has 120 valence electrons. The SMILES string of the molecule is CCCn1nc(C(=O)Nc2ccccc2C(=O)OC)ccc1=O. The molecule has 0 saturated carbocycles. The second-order valence-electron chi connectivity index (χ2n) is 4.77. The lowest BCUT2D eigenvalue weighted by atomic mass is 10.1. The molecule has 0 saturated heterocycles. The van der Waals surface area contributed by atoms with Gasteiger partial charge in [-0.2, -0.15) is 5.10 Å². The molecule has 0 fully saturated rings. The van der Waals surface area contributed by atoms with Crippen LogP contribution in [0.5, 0.6) is 0 Å². The number of anilines is 1. The smallest absolute Gasteiger partial charge is 0.339 e. The molecule has 0 unspecified atom stereocenters. The molecule has 0 atom stereocenters. The zero-order chi connectivity index (χ0) is 16.8. The number of esters is 1. The van der Waals surface area contributed by atoms with Crippen molar-refractivity contribution in [3.63, 3.8) is 0 Å². The van der Waals surface area contributed by atoms with E-state index in [-0.39, 0.29) is 16.8 Å². The van der Waals surface area contributed by atoms with Gasteiger partial charge in [0, 0.05) is 12.6 Å². The number of rotatable bonds is 5. The maximum atomic E-state index is 12.3. The van der Waals surface area contributed by atoms with Gasteiger partial charge in [0.1, 0.15) is 5.69 Å². The molecular weight excluding hydrogens is 298 g/mol. The summed E-state index contributed by atoms with van der Waals surface area (Å²) < 4.78 is 5.92. The Morgan fingerprint density at radius 1 is 1.22 bits per heavy atom. The van der Waals surface area contributed by atoms with Gasteiger partial charge in [-0.1, -0.05) is 19.1 Å². The van der Waals surface area contributed by atoms with Crippen LogP contribution in [0, 0.1) is 0 Å². The minimum absolute atomic E-state index is 0.0951. The quantitative estimate of drug-likeness (QED) is 0.848. The Kier molecular flexibility index (Phi) is 5.24. The van der Waals surface area contributed by atoms with Crippen LogP contribution in [0.15, 0.2) is 41.2 Å². The van der Waals surface area contributed by atoms with Crippen molar-refractivity contribution in [2.45, 2.75) is 19.9 Å². The van der Waals surface area contributed by atoms with Gasteiger partial charge < -0.3 is 10.1 Å². The maximum Gasteiger partial charge on any atom is 0.339 e. The maximum absolute atomic E-state index is 12.3. The van der Waals surface area contributed by atoms with Crippen LogP contribution >= 0.6 is 0 Å². The van der Waals surface area contributed by atoms with Gasteiger partial charge in [-0.05, 0) is 24.6 Å². The number of para-hydroxylation sites is 1. The fraction of sp³-hybridized carbons (Fsp3) is 0.250. The predicted octanol–water partition coefficient (Wildman–Crippen LogP) is 1.69. The average Bonchev–Trinajstić information content (AvgIpc) is 2.56. The van der Waals surface area contributed by atoms with Gasteiger partial charge in [-0.3, -0.25) is 9.59 Å². The van der Waals surface area contributed by atoms with E-state index in [1.807, 2.05) is 6.92 Å². The van der Waals surface area contributed by atoms with Gasteiger partial charge in [-0.15, -0.1) is 0 Å². The molecule has 7 heteroatoms. The van der Waals surface area contributed by atoms with Crippen LogP contribution in [0.2, 0.25) is 0 Å². The van der Waals surface area contributed by atoms with Gasteiger partial charge in [0.25, 0.3) is 11.5 Å². The summed E-state index contributed by atoms with van der Waals surface area (Å²) in [6.07, 6.45) is 0.725. The van der Waals surface area contributed by atoms with E-state index in [2.05, 4.69) is 15.2 Å². The summed E-state index contributed by atoms with van der Waals surface area (Å²) in [5, 5.41) is 6.64. The van der Waals surface area contributed by atoms with E-state index in [1.165, 1.54) is 23.9 Å². The van der Waals surface area contributed by atoms with Crippen LogP contribution < -0.4 is 10.9 Å². The van der Waals surface area contributed by atoms with E-state index in [0.29, 0.717) is 12.2 Å². The van der Waals surface area contributed by atoms with E-state index in [0.717, 1.165) is 6.42 Å². The zero-order valence-electron chi connectivity index (χ0n) is 12.9. The molecule has 1 aromatic heterocycles. The number of nitrogens with zero attached hydrogens (tertiary/aromatic N) is 2. The van der Waals surface area contributed by atoms with Gasteiger partial charge >= 0.3 is 5.97 Å². The van der Waals surface area contributed by atoms with Crippen molar-refractivity contribution in [1.82, 2.24) is 9.78 Å². The highest BCUT2D eigenvalue weighted by atomic mass is 16.5. The zero-order valence-corrected chi connectivity index (χ0v) is 12.9. The summed E-state index contributed by atoms with van der Waals surface area (Å²) in [5.74, 6) is -1.06. The highest BCUT2D eigenvalue weighted by Crippen LogP contribution is 2.16. The Hall–Kier alpha value is -2.96.